The molecule has 1 unspecified atom stereocenters. The van der Waals surface area contributed by atoms with Crippen LogP contribution >= 0.6 is 24.0 Å². The first-order valence-electron chi connectivity index (χ1n) is 7.17. The van der Waals surface area contributed by atoms with Crippen molar-refractivity contribution in [2.45, 2.75) is 25.8 Å². The van der Waals surface area contributed by atoms with Crippen molar-refractivity contribution in [2.24, 2.45) is 10.7 Å². The quantitative estimate of drug-likeness (QED) is 0.330. The van der Waals surface area contributed by atoms with Crippen LogP contribution in [0.3, 0.4) is 0 Å². The van der Waals surface area contributed by atoms with Gasteiger partial charge in [-0.1, -0.05) is 18.2 Å². The van der Waals surface area contributed by atoms with Gasteiger partial charge in [0, 0.05) is 31.7 Å². The fourth-order valence-electron chi connectivity index (χ4n) is 2.23. The summed E-state index contributed by atoms with van der Waals surface area (Å²) in [5.41, 5.74) is 7.08. The molecule has 0 spiro atoms. The minimum Gasteiger partial charge on any atom is -0.493 e. The first-order valence-corrected chi connectivity index (χ1v) is 7.17. The van der Waals surface area contributed by atoms with Crippen LogP contribution in [-0.4, -0.2) is 32.3 Å². The van der Waals surface area contributed by atoms with Crippen LogP contribution in [0.25, 0.3) is 0 Å². The highest BCUT2D eigenvalue weighted by Crippen LogP contribution is 2.31. The number of nitrogens with zero attached hydrogens (tertiary/aromatic N) is 1. The lowest BCUT2D eigenvalue weighted by Gasteiger charge is -2.26. The van der Waals surface area contributed by atoms with E-state index in [1.54, 1.807) is 0 Å². The number of guanidine groups is 1. The van der Waals surface area contributed by atoms with E-state index in [1.807, 2.05) is 25.1 Å². The molecule has 1 atom stereocenters. The van der Waals surface area contributed by atoms with Crippen LogP contribution in [0.15, 0.2) is 29.3 Å². The van der Waals surface area contributed by atoms with E-state index in [2.05, 4.69) is 16.4 Å². The second-order valence-corrected chi connectivity index (χ2v) is 4.69. The van der Waals surface area contributed by atoms with E-state index in [1.165, 1.54) is 0 Å². The van der Waals surface area contributed by atoms with Crippen molar-refractivity contribution in [3.8, 4) is 5.75 Å². The minimum absolute atomic E-state index is 0. The molecule has 0 saturated heterocycles. The molecule has 0 radical (unpaired) electrons. The Labute approximate surface area is 143 Å². The highest BCUT2D eigenvalue weighted by molar-refractivity contribution is 14.0. The van der Waals surface area contributed by atoms with E-state index < -0.39 is 0 Å². The zero-order valence-electron chi connectivity index (χ0n) is 12.4. The van der Waals surface area contributed by atoms with E-state index in [0.29, 0.717) is 19.1 Å². The number of aliphatic imine (C=N–C) groups is 1. The number of benzene rings is 1. The molecule has 1 heterocycles. The normalized spacial score (nSPS) is 17.4. The molecule has 0 aromatic heterocycles. The Morgan fingerprint density at radius 3 is 3.10 bits per heavy atom. The van der Waals surface area contributed by atoms with Gasteiger partial charge >= 0.3 is 0 Å². The van der Waals surface area contributed by atoms with E-state index >= 15 is 0 Å². The molecule has 6 heteroatoms. The topological polar surface area (TPSA) is 68.9 Å². The first kappa shape index (κ1) is 18.0. The Bertz CT molecular complexity index is 454. The Kier molecular flexibility index (Phi) is 8.44. The second-order valence-electron chi connectivity index (χ2n) is 4.69. The second kappa shape index (κ2) is 9.83. The number of ether oxygens (including phenoxy) is 2. The maximum atomic E-state index is 5.93. The molecule has 0 saturated carbocycles. The predicted octanol–water partition coefficient (Wildman–Crippen LogP) is 2.46. The third-order valence-corrected chi connectivity index (χ3v) is 3.21. The van der Waals surface area contributed by atoms with Gasteiger partial charge in [-0.2, -0.15) is 0 Å². The molecular formula is C15H24IN3O2. The Morgan fingerprint density at radius 2 is 2.29 bits per heavy atom. The Hall–Kier alpha value is -1.02. The van der Waals surface area contributed by atoms with Crippen LogP contribution in [0.1, 0.15) is 31.4 Å². The van der Waals surface area contributed by atoms with Gasteiger partial charge in [-0.15, -0.1) is 24.0 Å². The number of hydrogen-bond donors (Lipinski definition) is 2. The summed E-state index contributed by atoms with van der Waals surface area (Å²) in [6.45, 7) is 4.85. The average molecular weight is 405 g/mol. The summed E-state index contributed by atoms with van der Waals surface area (Å²) in [7, 11) is 0. The largest absolute Gasteiger partial charge is 0.493 e. The van der Waals surface area contributed by atoms with Crippen LogP contribution in [0, 0.1) is 0 Å². The third-order valence-electron chi connectivity index (χ3n) is 3.21. The SMILES string of the molecule is CCOCCCN=C(N)NC1CCOc2ccccc21.I. The Morgan fingerprint density at radius 1 is 1.48 bits per heavy atom. The van der Waals surface area contributed by atoms with Gasteiger partial charge in [-0.3, -0.25) is 4.99 Å². The smallest absolute Gasteiger partial charge is 0.189 e. The van der Waals surface area contributed by atoms with Gasteiger partial charge in [0.05, 0.1) is 12.6 Å². The number of hydrogen-bond acceptors (Lipinski definition) is 3. The fourth-order valence-corrected chi connectivity index (χ4v) is 2.23. The summed E-state index contributed by atoms with van der Waals surface area (Å²) in [6, 6.07) is 8.22. The van der Waals surface area contributed by atoms with Gasteiger partial charge in [-0.05, 0) is 19.4 Å². The molecule has 2 rings (SSSR count). The first-order chi connectivity index (χ1) is 9.81. The standard InChI is InChI=1S/C15H23N3O2.HI/c1-2-19-10-5-9-17-15(16)18-13-8-11-20-14-7-4-3-6-12(13)14;/h3-4,6-7,13H,2,5,8-11H2,1H3,(H3,16,17,18);1H. The summed E-state index contributed by atoms with van der Waals surface area (Å²) >= 11 is 0. The third kappa shape index (κ3) is 5.70. The molecule has 21 heavy (non-hydrogen) atoms. The number of halogens is 1. The van der Waals surface area contributed by atoms with Crippen LogP contribution in [0.5, 0.6) is 5.75 Å². The molecule has 0 aliphatic carbocycles. The van der Waals surface area contributed by atoms with E-state index in [0.717, 1.165) is 37.4 Å². The average Bonchev–Trinajstić information content (AvgIpc) is 2.47. The van der Waals surface area contributed by atoms with E-state index in [9.17, 15) is 0 Å². The highest BCUT2D eigenvalue weighted by atomic mass is 127. The van der Waals surface area contributed by atoms with Gasteiger partial charge < -0.3 is 20.5 Å². The van der Waals surface area contributed by atoms with Crippen molar-refractivity contribution in [3.63, 3.8) is 0 Å². The van der Waals surface area contributed by atoms with Crippen molar-refractivity contribution in [1.82, 2.24) is 5.32 Å². The summed E-state index contributed by atoms with van der Waals surface area (Å²) in [4.78, 5) is 4.33. The molecule has 118 valence electrons. The lowest BCUT2D eigenvalue weighted by Crippen LogP contribution is -2.37. The van der Waals surface area contributed by atoms with Crippen molar-refractivity contribution in [2.75, 3.05) is 26.4 Å². The number of para-hydroxylation sites is 1. The van der Waals surface area contributed by atoms with E-state index in [4.69, 9.17) is 15.2 Å². The maximum absolute atomic E-state index is 5.93. The van der Waals surface area contributed by atoms with E-state index in [-0.39, 0.29) is 30.0 Å². The van der Waals surface area contributed by atoms with Gasteiger partial charge in [0.15, 0.2) is 5.96 Å². The molecular weight excluding hydrogens is 381 g/mol. The molecule has 1 aliphatic heterocycles. The monoisotopic (exact) mass is 405 g/mol. The number of rotatable bonds is 6. The molecule has 5 nitrogen and oxygen atoms in total. The molecule has 0 bridgehead atoms. The molecule has 1 aromatic carbocycles. The maximum Gasteiger partial charge on any atom is 0.189 e. The summed E-state index contributed by atoms with van der Waals surface area (Å²) < 4.78 is 10.9. The molecule has 1 aliphatic rings. The van der Waals surface area contributed by atoms with Crippen LogP contribution in [-0.2, 0) is 4.74 Å². The summed E-state index contributed by atoms with van der Waals surface area (Å²) in [5, 5.41) is 3.27. The van der Waals surface area contributed by atoms with Crippen molar-refractivity contribution in [3.05, 3.63) is 29.8 Å². The number of nitrogens with one attached hydrogen (secondary N) is 1. The molecule has 0 fully saturated rings. The molecule has 1 aromatic rings. The van der Waals surface area contributed by atoms with Crippen molar-refractivity contribution in [1.29, 1.82) is 0 Å². The fraction of sp³-hybridized carbons (Fsp3) is 0.533. The van der Waals surface area contributed by atoms with Gasteiger partial charge in [0.25, 0.3) is 0 Å². The zero-order valence-corrected chi connectivity index (χ0v) is 14.7. The predicted molar refractivity (Wildman–Crippen MR) is 95.4 cm³/mol. The summed E-state index contributed by atoms with van der Waals surface area (Å²) in [6.07, 6.45) is 1.78. The highest BCUT2D eigenvalue weighted by Gasteiger charge is 2.20. The zero-order chi connectivity index (χ0) is 14.2. The van der Waals surface area contributed by atoms with Gasteiger partial charge in [0.2, 0.25) is 0 Å². The van der Waals surface area contributed by atoms with Crippen molar-refractivity contribution >= 4 is 29.9 Å². The van der Waals surface area contributed by atoms with Gasteiger partial charge in [0.1, 0.15) is 5.75 Å². The number of fused-ring (bicyclic) bond motifs is 1. The Balaban J connectivity index is 0.00000220. The van der Waals surface area contributed by atoms with Gasteiger partial charge in [-0.25, -0.2) is 0 Å². The lowest BCUT2D eigenvalue weighted by molar-refractivity contribution is 0.146. The minimum atomic E-state index is 0. The number of nitrogens with two attached hydrogens (primary N) is 1. The summed E-state index contributed by atoms with van der Waals surface area (Å²) in [5.74, 6) is 1.42. The van der Waals surface area contributed by atoms with Crippen molar-refractivity contribution < 1.29 is 9.47 Å². The van der Waals surface area contributed by atoms with Crippen LogP contribution in [0.4, 0.5) is 0 Å². The van der Waals surface area contributed by atoms with Crippen LogP contribution in [0.2, 0.25) is 0 Å². The van der Waals surface area contributed by atoms with Crippen LogP contribution < -0.4 is 15.8 Å². The molecule has 0 amide bonds. The molecule has 3 N–H and O–H groups in total. The lowest BCUT2D eigenvalue weighted by atomic mass is 10.0.